The van der Waals surface area contributed by atoms with Crippen LogP contribution in [0.5, 0.6) is 0 Å². The third-order valence-electron chi connectivity index (χ3n) is 3.46. The molecule has 2 heterocycles. The van der Waals surface area contributed by atoms with Gasteiger partial charge in [-0.15, -0.1) is 0 Å². The molecule has 1 fully saturated rings. The van der Waals surface area contributed by atoms with Crippen LogP contribution in [0.15, 0.2) is 23.4 Å². The van der Waals surface area contributed by atoms with Crippen LogP contribution < -0.4 is 0 Å². The summed E-state index contributed by atoms with van der Waals surface area (Å²) in [5.74, 6) is 0.0397. The average Bonchev–Trinajstić information content (AvgIpc) is 3.00. The molecule has 1 saturated heterocycles. The van der Waals surface area contributed by atoms with Gasteiger partial charge in [0.25, 0.3) is 5.91 Å². The normalized spacial score (nSPS) is 15.9. The van der Waals surface area contributed by atoms with E-state index in [1.54, 1.807) is 32.4 Å². The van der Waals surface area contributed by atoms with Crippen molar-refractivity contribution in [3.63, 3.8) is 0 Å². The highest BCUT2D eigenvalue weighted by Crippen LogP contribution is 2.27. The first kappa shape index (κ1) is 15.8. The minimum atomic E-state index is -0.230. The molecule has 21 heavy (non-hydrogen) atoms. The predicted octanol–water partition coefficient (Wildman–Crippen LogP) is 1.89. The van der Waals surface area contributed by atoms with Crippen molar-refractivity contribution >= 4 is 23.6 Å². The second-order valence-electron chi connectivity index (χ2n) is 5.35. The molecule has 0 saturated carbocycles. The van der Waals surface area contributed by atoms with Crippen LogP contribution in [0.4, 0.5) is 0 Å². The molecule has 0 bridgehead atoms. The minimum absolute atomic E-state index is 0.0913. The van der Waals surface area contributed by atoms with Crippen molar-refractivity contribution in [3.8, 4) is 0 Å². The summed E-state index contributed by atoms with van der Waals surface area (Å²) in [5, 5.41) is 0.392. The maximum absolute atomic E-state index is 12.3. The van der Waals surface area contributed by atoms with Gasteiger partial charge in [0.05, 0.1) is 10.8 Å². The lowest BCUT2D eigenvalue weighted by Gasteiger charge is -2.20. The quantitative estimate of drug-likeness (QED) is 0.797. The number of carbonyl (C=O) groups excluding carboxylic acids is 2. The van der Waals surface area contributed by atoms with Crippen molar-refractivity contribution in [2.45, 2.75) is 30.0 Å². The van der Waals surface area contributed by atoms with E-state index >= 15 is 0 Å². The van der Waals surface area contributed by atoms with E-state index < -0.39 is 0 Å². The van der Waals surface area contributed by atoms with Gasteiger partial charge in [0, 0.05) is 33.4 Å². The Morgan fingerprint density at radius 3 is 2.62 bits per heavy atom. The number of hydrogen-bond donors (Lipinski definition) is 0. The van der Waals surface area contributed by atoms with E-state index in [2.05, 4.69) is 4.98 Å². The number of nitrogens with zero attached hydrogens (tertiary/aromatic N) is 3. The van der Waals surface area contributed by atoms with Gasteiger partial charge >= 0.3 is 0 Å². The summed E-state index contributed by atoms with van der Waals surface area (Å²) in [7, 11) is 3.42. The number of aromatic nitrogens is 1. The Morgan fingerprint density at radius 1 is 1.33 bits per heavy atom. The average molecular weight is 307 g/mol. The number of hydrogen-bond acceptors (Lipinski definition) is 4. The molecule has 1 aromatic rings. The van der Waals surface area contributed by atoms with E-state index in [9.17, 15) is 9.59 Å². The number of rotatable bonds is 4. The van der Waals surface area contributed by atoms with Crippen molar-refractivity contribution in [1.82, 2.24) is 14.8 Å². The second kappa shape index (κ2) is 6.93. The zero-order valence-corrected chi connectivity index (χ0v) is 13.5. The lowest BCUT2D eigenvalue weighted by atomic mass is 10.2. The molecular formula is C15H21N3O2S. The van der Waals surface area contributed by atoms with Gasteiger partial charge in [-0.05, 0) is 31.9 Å². The monoisotopic (exact) mass is 307 g/mol. The van der Waals surface area contributed by atoms with Crippen molar-refractivity contribution in [2.75, 3.05) is 27.2 Å². The second-order valence-corrected chi connectivity index (χ2v) is 6.68. The highest BCUT2D eigenvalue weighted by molar-refractivity contribution is 8.00. The van der Waals surface area contributed by atoms with Crippen LogP contribution in [0.1, 0.15) is 30.1 Å². The first-order chi connectivity index (χ1) is 10.0. The van der Waals surface area contributed by atoms with Gasteiger partial charge < -0.3 is 9.80 Å². The topological polar surface area (TPSA) is 53.5 Å². The Kier molecular flexibility index (Phi) is 5.22. The first-order valence-corrected chi connectivity index (χ1v) is 8.00. The largest absolute Gasteiger partial charge is 0.345 e. The SMILES string of the molecule is C[C@H](Sc1ncccc1C(=O)N(C)C)C(=O)N1CCCC1. The van der Waals surface area contributed by atoms with Crippen molar-refractivity contribution < 1.29 is 9.59 Å². The van der Waals surface area contributed by atoms with E-state index in [1.807, 2.05) is 11.8 Å². The summed E-state index contributed by atoms with van der Waals surface area (Å²) >= 11 is 1.36. The standard InChI is InChI=1S/C15H21N3O2S/c1-11(14(19)18-9-4-5-10-18)21-13-12(7-6-8-16-13)15(20)17(2)3/h6-8,11H,4-5,9-10H2,1-3H3/t11-/m0/s1. The molecule has 2 rings (SSSR count). The summed E-state index contributed by atoms with van der Waals surface area (Å²) in [6.07, 6.45) is 3.82. The number of thioether (sulfide) groups is 1. The molecule has 1 aliphatic heterocycles. The molecule has 1 aromatic heterocycles. The molecule has 0 N–H and O–H groups in total. The third-order valence-corrected chi connectivity index (χ3v) is 4.57. The maximum Gasteiger partial charge on any atom is 0.256 e. The van der Waals surface area contributed by atoms with Gasteiger partial charge in [-0.1, -0.05) is 11.8 Å². The molecule has 1 atom stereocenters. The highest BCUT2D eigenvalue weighted by Gasteiger charge is 2.26. The lowest BCUT2D eigenvalue weighted by Crippen LogP contribution is -2.34. The Hall–Kier alpha value is -1.56. The highest BCUT2D eigenvalue weighted by atomic mass is 32.2. The molecule has 1 aliphatic rings. The Morgan fingerprint density at radius 2 is 2.00 bits per heavy atom. The number of carbonyl (C=O) groups is 2. The van der Waals surface area contributed by atoms with E-state index in [0.29, 0.717) is 10.6 Å². The van der Waals surface area contributed by atoms with Crippen LogP contribution in [0.3, 0.4) is 0 Å². The minimum Gasteiger partial charge on any atom is -0.345 e. The molecule has 0 aliphatic carbocycles. The summed E-state index contributed by atoms with van der Waals surface area (Å²) in [6.45, 7) is 3.56. The smallest absolute Gasteiger partial charge is 0.256 e. The van der Waals surface area contributed by atoms with E-state index in [4.69, 9.17) is 0 Å². The number of amides is 2. The summed E-state index contributed by atoms with van der Waals surface area (Å²) in [6, 6.07) is 3.50. The Bertz CT molecular complexity index is 527. The van der Waals surface area contributed by atoms with Gasteiger partial charge in [0.15, 0.2) is 0 Å². The van der Waals surface area contributed by atoms with Crippen LogP contribution in [-0.4, -0.2) is 59.0 Å². The zero-order chi connectivity index (χ0) is 15.4. The molecule has 5 nitrogen and oxygen atoms in total. The van der Waals surface area contributed by atoms with Gasteiger partial charge in [0.1, 0.15) is 5.03 Å². The fourth-order valence-corrected chi connectivity index (χ4v) is 3.29. The zero-order valence-electron chi connectivity index (χ0n) is 12.7. The molecule has 0 unspecified atom stereocenters. The Labute approximate surface area is 129 Å². The summed E-state index contributed by atoms with van der Waals surface area (Å²) < 4.78 is 0. The van der Waals surface area contributed by atoms with Crippen LogP contribution in [0.25, 0.3) is 0 Å². The summed E-state index contributed by atoms with van der Waals surface area (Å²) in [5.41, 5.74) is 0.550. The molecular weight excluding hydrogens is 286 g/mol. The van der Waals surface area contributed by atoms with Gasteiger partial charge in [0.2, 0.25) is 5.91 Å². The fourth-order valence-electron chi connectivity index (χ4n) is 2.30. The van der Waals surface area contributed by atoms with Crippen molar-refractivity contribution in [3.05, 3.63) is 23.9 Å². The van der Waals surface area contributed by atoms with Crippen LogP contribution >= 0.6 is 11.8 Å². The summed E-state index contributed by atoms with van der Waals surface area (Å²) in [4.78, 5) is 32.2. The molecule has 0 radical (unpaired) electrons. The maximum atomic E-state index is 12.3. The molecule has 0 aromatic carbocycles. The van der Waals surface area contributed by atoms with Gasteiger partial charge in [-0.3, -0.25) is 9.59 Å². The Balaban J connectivity index is 2.11. The molecule has 114 valence electrons. The molecule has 0 spiro atoms. The fraction of sp³-hybridized carbons (Fsp3) is 0.533. The van der Waals surface area contributed by atoms with Crippen LogP contribution in [0, 0.1) is 0 Å². The van der Waals surface area contributed by atoms with E-state index in [0.717, 1.165) is 25.9 Å². The number of likely N-dealkylation sites (tertiary alicyclic amines) is 1. The predicted molar refractivity (Wildman–Crippen MR) is 83.4 cm³/mol. The van der Waals surface area contributed by atoms with E-state index in [-0.39, 0.29) is 17.1 Å². The van der Waals surface area contributed by atoms with Crippen molar-refractivity contribution in [2.24, 2.45) is 0 Å². The van der Waals surface area contributed by atoms with Crippen LogP contribution in [-0.2, 0) is 4.79 Å². The molecule has 2 amide bonds. The van der Waals surface area contributed by atoms with Gasteiger partial charge in [-0.2, -0.15) is 0 Å². The molecule has 6 heteroatoms. The van der Waals surface area contributed by atoms with E-state index in [1.165, 1.54) is 16.7 Å². The lowest BCUT2D eigenvalue weighted by molar-refractivity contribution is -0.129. The number of pyridine rings is 1. The third kappa shape index (κ3) is 3.75. The van der Waals surface area contributed by atoms with Crippen molar-refractivity contribution in [1.29, 1.82) is 0 Å². The van der Waals surface area contributed by atoms with Gasteiger partial charge in [-0.25, -0.2) is 4.98 Å². The first-order valence-electron chi connectivity index (χ1n) is 7.13. The van der Waals surface area contributed by atoms with Crippen LogP contribution in [0.2, 0.25) is 0 Å².